The summed E-state index contributed by atoms with van der Waals surface area (Å²) in [6.45, 7) is 4.76. The molecule has 202 valence electrons. The highest BCUT2D eigenvalue weighted by atomic mass is 35.5. The van der Waals surface area contributed by atoms with E-state index in [1.54, 1.807) is 0 Å². The number of hydrogen-bond acceptors (Lipinski definition) is 7. The van der Waals surface area contributed by atoms with Gasteiger partial charge >= 0.3 is 23.9 Å². The Morgan fingerprint density at radius 2 is 1.42 bits per heavy atom. The third kappa shape index (κ3) is 15.2. The number of carbonyl (C=O) groups is 4. The van der Waals surface area contributed by atoms with E-state index in [-0.39, 0.29) is 25.7 Å². The number of hydrogen-bond donors (Lipinski definition) is 5. The molecule has 0 amide bonds. The molecule has 2 aliphatic rings. The number of likely N-dealkylation sites (tertiary alicyclic amines) is 1. The van der Waals surface area contributed by atoms with Gasteiger partial charge in [0, 0.05) is 23.7 Å². The molecule has 0 unspecified atom stereocenters. The number of carboxylic acid groups (broad SMARTS) is 4. The van der Waals surface area contributed by atoms with Gasteiger partial charge in [0.15, 0.2) is 0 Å². The highest BCUT2D eigenvalue weighted by molar-refractivity contribution is 6.30. The molecule has 1 saturated heterocycles. The third-order valence-electron chi connectivity index (χ3n) is 5.40. The standard InChI is InChI=1S/C16H23ClN2O.2C4H6O4/c17-15-3-4-16(20-11-12-1-2-12)14(7-15)10-19-6-5-13(8-18)9-19;2*5-3(6)1-2-4(7)8/h3-4,7,12-13H,1-2,5-6,8-11,18H2;2*1-2H2,(H,5,6)(H,7,8)/t13-;;/m0../s1. The minimum atomic E-state index is -1.08. The van der Waals surface area contributed by atoms with Crippen LogP contribution in [-0.2, 0) is 25.7 Å². The number of halogens is 1. The maximum absolute atomic E-state index is 9.64. The Morgan fingerprint density at radius 1 is 0.889 bits per heavy atom. The van der Waals surface area contributed by atoms with Crippen LogP contribution in [0.15, 0.2) is 18.2 Å². The number of rotatable bonds is 12. The first-order valence-electron chi connectivity index (χ1n) is 11.7. The Morgan fingerprint density at radius 3 is 1.83 bits per heavy atom. The van der Waals surface area contributed by atoms with Gasteiger partial charge in [-0.15, -0.1) is 0 Å². The van der Waals surface area contributed by atoms with Crippen LogP contribution in [0, 0.1) is 11.8 Å². The van der Waals surface area contributed by atoms with Crippen LogP contribution in [0.5, 0.6) is 5.75 Å². The molecular weight excluding hydrogens is 496 g/mol. The number of benzene rings is 1. The van der Waals surface area contributed by atoms with Gasteiger partial charge < -0.3 is 30.9 Å². The molecule has 11 nitrogen and oxygen atoms in total. The number of carboxylic acids is 4. The maximum Gasteiger partial charge on any atom is 0.303 e. The predicted octanol–water partition coefficient (Wildman–Crippen LogP) is 2.78. The monoisotopic (exact) mass is 530 g/mol. The Hall–Kier alpha value is -2.89. The van der Waals surface area contributed by atoms with E-state index < -0.39 is 23.9 Å². The van der Waals surface area contributed by atoms with Gasteiger partial charge in [0.2, 0.25) is 0 Å². The van der Waals surface area contributed by atoms with E-state index in [2.05, 4.69) is 4.90 Å². The molecular formula is C24H35ClN2O9. The molecule has 1 aliphatic carbocycles. The molecule has 1 aliphatic heterocycles. The minimum absolute atomic E-state index is 0.296. The second kappa shape index (κ2) is 16.7. The molecule has 0 radical (unpaired) electrons. The van der Waals surface area contributed by atoms with E-state index in [0.29, 0.717) is 5.92 Å². The quantitative estimate of drug-likeness (QED) is 0.267. The molecule has 0 bridgehead atoms. The fraction of sp³-hybridized carbons (Fsp3) is 0.583. The summed E-state index contributed by atoms with van der Waals surface area (Å²) in [6.07, 6.45) is 2.64. The summed E-state index contributed by atoms with van der Waals surface area (Å²) in [5.74, 6) is -1.89. The van der Waals surface area contributed by atoms with Crippen LogP contribution in [-0.4, -0.2) is 75.4 Å². The van der Waals surface area contributed by atoms with Gasteiger partial charge in [-0.1, -0.05) is 11.6 Å². The van der Waals surface area contributed by atoms with Crippen LogP contribution in [0.1, 0.15) is 50.5 Å². The van der Waals surface area contributed by atoms with Gasteiger partial charge in [0.1, 0.15) is 5.75 Å². The summed E-state index contributed by atoms with van der Waals surface area (Å²) in [6, 6.07) is 5.97. The van der Waals surface area contributed by atoms with E-state index in [9.17, 15) is 19.2 Å². The average Bonchev–Trinajstić information content (AvgIpc) is 3.53. The summed E-state index contributed by atoms with van der Waals surface area (Å²) < 4.78 is 5.97. The molecule has 0 aromatic heterocycles. The summed E-state index contributed by atoms with van der Waals surface area (Å²) >= 11 is 6.14. The zero-order chi connectivity index (χ0) is 27.1. The van der Waals surface area contributed by atoms with Crippen LogP contribution in [0.4, 0.5) is 0 Å². The lowest BCUT2D eigenvalue weighted by Crippen LogP contribution is -2.23. The lowest BCUT2D eigenvalue weighted by Gasteiger charge is -2.19. The highest BCUT2D eigenvalue weighted by Gasteiger charge is 2.24. The smallest absolute Gasteiger partial charge is 0.303 e. The zero-order valence-corrected chi connectivity index (χ0v) is 20.9. The fourth-order valence-corrected chi connectivity index (χ4v) is 3.42. The molecule has 1 aromatic rings. The predicted molar refractivity (Wildman–Crippen MR) is 131 cm³/mol. The summed E-state index contributed by atoms with van der Waals surface area (Å²) in [5, 5.41) is 32.4. The van der Waals surface area contributed by atoms with E-state index in [0.717, 1.165) is 49.5 Å². The van der Waals surface area contributed by atoms with Crippen LogP contribution in [0.25, 0.3) is 0 Å². The Kier molecular flexibility index (Phi) is 14.5. The van der Waals surface area contributed by atoms with Crippen LogP contribution < -0.4 is 10.5 Å². The van der Waals surface area contributed by atoms with Crippen LogP contribution >= 0.6 is 11.6 Å². The highest BCUT2D eigenvalue weighted by Crippen LogP contribution is 2.32. The second-order valence-electron chi connectivity index (χ2n) is 8.71. The molecule has 1 aromatic carbocycles. The van der Waals surface area contributed by atoms with Crippen molar-refractivity contribution in [1.29, 1.82) is 0 Å². The molecule has 1 heterocycles. The maximum atomic E-state index is 9.64. The molecule has 0 spiro atoms. The van der Waals surface area contributed by atoms with Gasteiger partial charge in [-0.2, -0.15) is 0 Å². The molecule has 36 heavy (non-hydrogen) atoms. The lowest BCUT2D eigenvalue weighted by atomic mass is 10.1. The van der Waals surface area contributed by atoms with E-state index in [1.165, 1.54) is 24.8 Å². The lowest BCUT2D eigenvalue weighted by molar-refractivity contribution is -0.143. The van der Waals surface area contributed by atoms with E-state index in [4.69, 9.17) is 42.5 Å². The van der Waals surface area contributed by atoms with Crippen LogP contribution in [0.3, 0.4) is 0 Å². The largest absolute Gasteiger partial charge is 0.493 e. The van der Waals surface area contributed by atoms with Gasteiger partial charge in [-0.3, -0.25) is 24.1 Å². The number of ether oxygens (including phenoxy) is 1. The Balaban J connectivity index is 0.000000337. The zero-order valence-electron chi connectivity index (χ0n) is 20.1. The molecule has 2 fully saturated rings. The first-order valence-corrected chi connectivity index (χ1v) is 12.1. The molecule has 1 saturated carbocycles. The average molecular weight is 531 g/mol. The van der Waals surface area contributed by atoms with Crippen molar-refractivity contribution >= 4 is 35.5 Å². The van der Waals surface area contributed by atoms with Gasteiger partial charge in [-0.05, 0) is 62.4 Å². The molecule has 6 N–H and O–H groups in total. The van der Waals surface area contributed by atoms with Crippen LogP contribution in [0.2, 0.25) is 5.02 Å². The van der Waals surface area contributed by atoms with Crippen molar-refractivity contribution in [2.45, 2.75) is 51.5 Å². The van der Waals surface area contributed by atoms with Gasteiger partial charge in [0.25, 0.3) is 0 Å². The van der Waals surface area contributed by atoms with Crippen molar-refractivity contribution in [3.05, 3.63) is 28.8 Å². The number of aliphatic carboxylic acids is 4. The SMILES string of the molecule is NC[C@@H]1CCN(Cc2cc(Cl)ccc2OCC2CC2)C1.O=C(O)CCC(=O)O.O=C(O)CCC(=O)O. The first-order chi connectivity index (χ1) is 17.0. The van der Waals surface area contributed by atoms with Crippen molar-refractivity contribution < 1.29 is 44.3 Å². The molecule has 1 atom stereocenters. The summed E-state index contributed by atoms with van der Waals surface area (Å²) in [7, 11) is 0. The van der Waals surface area contributed by atoms with E-state index in [1.807, 2.05) is 18.2 Å². The minimum Gasteiger partial charge on any atom is -0.493 e. The number of nitrogens with two attached hydrogens (primary N) is 1. The second-order valence-corrected chi connectivity index (χ2v) is 9.14. The van der Waals surface area contributed by atoms with Crippen molar-refractivity contribution in [1.82, 2.24) is 4.90 Å². The normalized spacial score (nSPS) is 16.7. The van der Waals surface area contributed by atoms with Crippen molar-refractivity contribution in [2.24, 2.45) is 17.6 Å². The first kappa shape index (κ1) is 31.1. The van der Waals surface area contributed by atoms with E-state index >= 15 is 0 Å². The summed E-state index contributed by atoms with van der Waals surface area (Å²) in [5.41, 5.74) is 6.96. The van der Waals surface area contributed by atoms with Gasteiger partial charge in [-0.25, -0.2) is 0 Å². The Labute approximate surface area is 214 Å². The molecule has 12 heteroatoms. The van der Waals surface area contributed by atoms with Crippen molar-refractivity contribution in [3.63, 3.8) is 0 Å². The van der Waals surface area contributed by atoms with Crippen molar-refractivity contribution in [2.75, 3.05) is 26.2 Å². The number of nitrogens with zero attached hydrogens (tertiary/aromatic N) is 1. The topological polar surface area (TPSA) is 188 Å². The van der Waals surface area contributed by atoms with Gasteiger partial charge in [0.05, 0.1) is 32.3 Å². The Bertz CT molecular complexity index is 821. The molecule has 3 rings (SSSR count). The van der Waals surface area contributed by atoms with Crippen molar-refractivity contribution in [3.8, 4) is 5.75 Å². The summed E-state index contributed by atoms with van der Waals surface area (Å²) in [4.78, 5) is 41.0. The third-order valence-corrected chi connectivity index (χ3v) is 5.63. The fourth-order valence-electron chi connectivity index (χ4n) is 3.22.